The zero-order valence-electron chi connectivity index (χ0n) is 28.8. The number of furan rings is 1. The van der Waals surface area contributed by atoms with E-state index in [1.165, 1.54) is 38.5 Å². The monoisotopic (exact) mass is 677 g/mol. The molecule has 3 aromatic heterocycles. The van der Waals surface area contributed by atoms with Gasteiger partial charge in [0.2, 0.25) is 0 Å². The number of aromatic nitrogens is 2. The molecule has 4 nitrogen and oxygen atoms in total. The smallest absolute Gasteiger partial charge is 0.137 e. The van der Waals surface area contributed by atoms with Crippen molar-refractivity contribution >= 4 is 60.7 Å². The SMILES string of the molecule is N#Cc1cccc(-n2c3c(c4ccc5oc6ccccc6c5c42)C=CCC3)c1-c1ccc(-n2c3ccccc3c3ccc(-c4ccccc4)cc32)cc1. The van der Waals surface area contributed by atoms with Gasteiger partial charge >= 0.3 is 0 Å². The quantitative estimate of drug-likeness (QED) is 0.186. The lowest BCUT2D eigenvalue weighted by Crippen LogP contribution is -2.06. The molecule has 1 aliphatic rings. The Morgan fingerprint density at radius 1 is 0.566 bits per heavy atom. The minimum atomic E-state index is 0.644. The zero-order chi connectivity index (χ0) is 35.0. The fourth-order valence-electron chi connectivity index (χ4n) is 8.74. The Hall–Kier alpha value is -7.09. The highest BCUT2D eigenvalue weighted by Crippen LogP contribution is 2.44. The molecule has 0 saturated heterocycles. The number of para-hydroxylation sites is 2. The number of benzene rings is 7. The van der Waals surface area contributed by atoms with E-state index in [2.05, 4.69) is 155 Å². The number of nitriles is 1. The summed E-state index contributed by atoms with van der Waals surface area (Å²) >= 11 is 0. The van der Waals surface area contributed by atoms with Gasteiger partial charge in [-0.2, -0.15) is 5.26 Å². The van der Waals surface area contributed by atoms with E-state index in [9.17, 15) is 5.26 Å². The minimum absolute atomic E-state index is 0.644. The van der Waals surface area contributed by atoms with Crippen molar-refractivity contribution < 1.29 is 4.42 Å². The Labute approximate surface area is 305 Å². The third kappa shape index (κ3) is 4.35. The van der Waals surface area contributed by atoms with E-state index >= 15 is 0 Å². The van der Waals surface area contributed by atoms with E-state index in [-0.39, 0.29) is 0 Å². The molecule has 0 aliphatic heterocycles. The second-order valence-corrected chi connectivity index (χ2v) is 13.9. The molecular weight excluding hydrogens is 647 g/mol. The summed E-state index contributed by atoms with van der Waals surface area (Å²) in [5.74, 6) is 0. The molecule has 0 radical (unpaired) electrons. The van der Waals surface area contributed by atoms with Gasteiger partial charge in [0.1, 0.15) is 11.2 Å². The first-order valence-corrected chi connectivity index (χ1v) is 18.1. The van der Waals surface area contributed by atoms with Crippen LogP contribution in [0.5, 0.6) is 0 Å². The molecule has 248 valence electrons. The largest absolute Gasteiger partial charge is 0.456 e. The van der Waals surface area contributed by atoms with Crippen LogP contribution in [0.15, 0.2) is 162 Å². The summed E-state index contributed by atoms with van der Waals surface area (Å²) in [6.07, 6.45) is 6.41. The second-order valence-electron chi connectivity index (χ2n) is 13.9. The Morgan fingerprint density at radius 2 is 1.32 bits per heavy atom. The van der Waals surface area contributed by atoms with Gasteiger partial charge in [-0.25, -0.2) is 0 Å². The van der Waals surface area contributed by atoms with Crippen molar-refractivity contribution in [3.63, 3.8) is 0 Å². The number of nitrogens with zero attached hydrogens (tertiary/aromatic N) is 3. The van der Waals surface area contributed by atoms with E-state index < -0.39 is 0 Å². The van der Waals surface area contributed by atoms with Gasteiger partial charge in [0, 0.05) is 44.1 Å². The van der Waals surface area contributed by atoms with Crippen molar-refractivity contribution in [2.75, 3.05) is 0 Å². The lowest BCUT2D eigenvalue weighted by atomic mass is 9.97. The first kappa shape index (κ1) is 29.6. The van der Waals surface area contributed by atoms with Crippen LogP contribution < -0.4 is 0 Å². The molecular formula is C49H31N3O. The van der Waals surface area contributed by atoms with Crippen LogP contribution >= 0.6 is 0 Å². The lowest BCUT2D eigenvalue weighted by Gasteiger charge is -2.19. The average molecular weight is 678 g/mol. The van der Waals surface area contributed by atoms with Gasteiger partial charge in [-0.3, -0.25) is 0 Å². The minimum Gasteiger partial charge on any atom is -0.456 e. The molecule has 3 heterocycles. The molecule has 7 aromatic carbocycles. The summed E-state index contributed by atoms with van der Waals surface area (Å²) in [6.45, 7) is 0. The van der Waals surface area contributed by atoms with Gasteiger partial charge in [0.25, 0.3) is 0 Å². The predicted molar refractivity (Wildman–Crippen MR) is 218 cm³/mol. The van der Waals surface area contributed by atoms with Crippen molar-refractivity contribution in [1.29, 1.82) is 5.26 Å². The molecule has 11 rings (SSSR count). The summed E-state index contributed by atoms with van der Waals surface area (Å²) < 4.78 is 11.2. The van der Waals surface area contributed by atoms with Crippen LogP contribution in [0.3, 0.4) is 0 Å². The van der Waals surface area contributed by atoms with Gasteiger partial charge in [0.15, 0.2) is 0 Å². The molecule has 53 heavy (non-hydrogen) atoms. The summed E-state index contributed by atoms with van der Waals surface area (Å²) in [6, 6.07) is 55.9. The Bertz CT molecular complexity index is 3170. The molecule has 4 heteroatoms. The first-order valence-electron chi connectivity index (χ1n) is 18.1. The number of hydrogen-bond acceptors (Lipinski definition) is 2. The second kappa shape index (κ2) is 11.5. The highest BCUT2D eigenvalue weighted by molar-refractivity contribution is 6.20. The summed E-state index contributed by atoms with van der Waals surface area (Å²) in [5, 5.41) is 16.4. The maximum atomic E-state index is 10.6. The van der Waals surface area contributed by atoms with Crippen LogP contribution in [0.1, 0.15) is 23.2 Å². The molecule has 0 saturated carbocycles. The summed E-state index contributed by atoms with van der Waals surface area (Å²) in [4.78, 5) is 0. The highest BCUT2D eigenvalue weighted by atomic mass is 16.3. The molecule has 0 N–H and O–H groups in total. The summed E-state index contributed by atoms with van der Waals surface area (Å²) in [7, 11) is 0. The van der Waals surface area contributed by atoms with Crippen molar-refractivity contribution in [1.82, 2.24) is 9.13 Å². The maximum Gasteiger partial charge on any atom is 0.137 e. The molecule has 0 unspecified atom stereocenters. The Balaban J connectivity index is 1.14. The van der Waals surface area contributed by atoms with E-state index in [0.717, 1.165) is 73.8 Å². The van der Waals surface area contributed by atoms with Gasteiger partial charge in [-0.05, 0) is 84.1 Å². The fraction of sp³-hybridized carbons (Fsp3) is 0.0408. The normalized spacial score (nSPS) is 12.7. The standard InChI is InChI=1S/C49H31N3O/c50-30-34-13-10-19-43(52-42-18-8-5-15-37(42)39-27-28-46-48(49(39)52)40-16-6-9-20-45(40)53-46)47(34)32-21-24-35(25-22-32)51-41-17-7-4-14-36(41)38-26-23-33(29-44(38)51)31-11-2-1-3-12-31/h1-7,9-17,19-29H,8,18H2. The van der Waals surface area contributed by atoms with E-state index in [1.807, 2.05) is 24.3 Å². The molecule has 0 atom stereocenters. The van der Waals surface area contributed by atoms with Crippen LogP contribution in [-0.4, -0.2) is 9.13 Å². The van der Waals surface area contributed by atoms with Gasteiger partial charge in [0.05, 0.1) is 39.3 Å². The third-order valence-corrected chi connectivity index (χ3v) is 11.0. The molecule has 0 bridgehead atoms. The highest BCUT2D eigenvalue weighted by Gasteiger charge is 2.25. The van der Waals surface area contributed by atoms with E-state index in [4.69, 9.17) is 4.42 Å². The molecule has 0 amide bonds. The molecule has 10 aromatic rings. The molecule has 1 aliphatic carbocycles. The van der Waals surface area contributed by atoms with Crippen molar-refractivity contribution in [2.24, 2.45) is 0 Å². The van der Waals surface area contributed by atoms with Crippen LogP contribution in [0.25, 0.3) is 94.4 Å². The van der Waals surface area contributed by atoms with E-state index in [1.54, 1.807) is 0 Å². The van der Waals surface area contributed by atoms with Crippen LogP contribution in [0, 0.1) is 11.3 Å². The van der Waals surface area contributed by atoms with Gasteiger partial charge < -0.3 is 13.6 Å². The predicted octanol–water partition coefficient (Wildman–Crippen LogP) is 12.8. The Kier molecular flexibility index (Phi) is 6.41. The average Bonchev–Trinajstić information content (AvgIpc) is 3.88. The van der Waals surface area contributed by atoms with Crippen molar-refractivity contribution in [2.45, 2.75) is 12.8 Å². The zero-order valence-corrected chi connectivity index (χ0v) is 28.8. The van der Waals surface area contributed by atoms with Crippen molar-refractivity contribution in [3.05, 3.63) is 175 Å². The van der Waals surface area contributed by atoms with Crippen molar-refractivity contribution in [3.8, 4) is 39.7 Å². The maximum absolute atomic E-state index is 10.6. The van der Waals surface area contributed by atoms with Crippen LogP contribution in [0.2, 0.25) is 0 Å². The van der Waals surface area contributed by atoms with Gasteiger partial charge in [-0.15, -0.1) is 0 Å². The van der Waals surface area contributed by atoms with Crippen LogP contribution in [-0.2, 0) is 6.42 Å². The number of hydrogen-bond donors (Lipinski definition) is 0. The number of allylic oxidation sites excluding steroid dienone is 1. The summed E-state index contributed by atoms with van der Waals surface area (Å²) in [5.41, 5.74) is 14.7. The van der Waals surface area contributed by atoms with E-state index in [0.29, 0.717) is 5.56 Å². The third-order valence-electron chi connectivity index (χ3n) is 11.0. The fourth-order valence-corrected chi connectivity index (χ4v) is 8.74. The van der Waals surface area contributed by atoms with Gasteiger partial charge in [-0.1, -0.05) is 109 Å². The first-order chi connectivity index (χ1) is 26.3. The molecule has 0 fully saturated rings. The topological polar surface area (TPSA) is 46.8 Å². The Morgan fingerprint density at radius 3 is 2.19 bits per heavy atom. The lowest BCUT2D eigenvalue weighted by molar-refractivity contribution is 0.669. The number of rotatable bonds is 4. The van der Waals surface area contributed by atoms with Crippen LogP contribution in [0.4, 0.5) is 0 Å². The number of fused-ring (bicyclic) bond motifs is 10. The molecule has 0 spiro atoms.